The molecule has 0 aliphatic carbocycles. The highest BCUT2D eigenvalue weighted by Gasteiger charge is 2.32. The molecule has 1 aliphatic heterocycles. The SMILES string of the molecule is CNC1(C)CCN(c2ccc(Br)c(C)c2)C1. The molecule has 1 aliphatic rings. The number of anilines is 1. The van der Waals surface area contributed by atoms with Crippen molar-refractivity contribution in [3.63, 3.8) is 0 Å². The number of rotatable bonds is 2. The van der Waals surface area contributed by atoms with Gasteiger partial charge in [-0.25, -0.2) is 0 Å². The zero-order valence-electron chi connectivity index (χ0n) is 10.2. The van der Waals surface area contributed by atoms with Crippen LogP contribution in [-0.2, 0) is 0 Å². The van der Waals surface area contributed by atoms with Crippen molar-refractivity contribution in [1.29, 1.82) is 0 Å². The lowest BCUT2D eigenvalue weighted by atomic mass is 10.0. The zero-order valence-corrected chi connectivity index (χ0v) is 11.8. The minimum atomic E-state index is 0.265. The van der Waals surface area contributed by atoms with Crippen molar-refractivity contribution in [3.05, 3.63) is 28.2 Å². The molecular formula is C13H19BrN2. The lowest BCUT2D eigenvalue weighted by Gasteiger charge is -2.25. The Morgan fingerprint density at radius 3 is 2.75 bits per heavy atom. The first-order valence-corrected chi connectivity index (χ1v) is 6.53. The van der Waals surface area contributed by atoms with Crippen LogP contribution >= 0.6 is 15.9 Å². The van der Waals surface area contributed by atoms with E-state index in [1.165, 1.54) is 22.1 Å². The second kappa shape index (κ2) is 4.38. The maximum atomic E-state index is 3.54. The molecule has 1 atom stereocenters. The Morgan fingerprint density at radius 1 is 1.44 bits per heavy atom. The Labute approximate surface area is 106 Å². The highest BCUT2D eigenvalue weighted by Crippen LogP contribution is 2.29. The number of nitrogens with one attached hydrogen (secondary N) is 1. The van der Waals surface area contributed by atoms with Crippen LogP contribution in [0.3, 0.4) is 0 Å². The van der Waals surface area contributed by atoms with Gasteiger partial charge in [0.25, 0.3) is 0 Å². The fourth-order valence-corrected chi connectivity index (χ4v) is 2.46. The Morgan fingerprint density at radius 2 is 2.19 bits per heavy atom. The van der Waals surface area contributed by atoms with E-state index in [1.54, 1.807) is 0 Å². The van der Waals surface area contributed by atoms with Gasteiger partial charge in [-0.15, -0.1) is 0 Å². The van der Waals surface area contributed by atoms with E-state index in [0.29, 0.717) is 0 Å². The number of hydrogen-bond donors (Lipinski definition) is 1. The molecule has 1 aromatic rings. The quantitative estimate of drug-likeness (QED) is 0.897. The van der Waals surface area contributed by atoms with E-state index < -0.39 is 0 Å². The fourth-order valence-electron chi connectivity index (χ4n) is 2.21. The molecule has 88 valence electrons. The fraction of sp³-hybridized carbons (Fsp3) is 0.538. The highest BCUT2D eigenvalue weighted by molar-refractivity contribution is 9.10. The van der Waals surface area contributed by atoms with Crippen molar-refractivity contribution in [2.45, 2.75) is 25.8 Å². The monoisotopic (exact) mass is 282 g/mol. The molecule has 0 aromatic heterocycles. The van der Waals surface area contributed by atoms with Crippen molar-refractivity contribution in [2.75, 3.05) is 25.0 Å². The molecule has 0 spiro atoms. The number of likely N-dealkylation sites (N-methyl/N-ethyl adjacent to an activating group) is 1. The first-order valence-electron chi connectivity index (χ1n) is 5.74. The summed E-state index contributed by atoms with van der Waals surface area (Å²) >= 11 is 3.54. The van der Waals surface area contributed by atoms with Crippen LogP contribution in [0.2, 0.25) is 0 Å². The highest BCUT2D eigenvalue weighted by atomic mass is 79.9. The molecule has 1 unspecified atom stereocenters. The van der Waals surface area contributed by atoms with E-state index in [2.05, 4.69) is 65.2 Å². The summed E-state index contributed by atoms with van der Waals surface area (Å²) in [6, 6.07) is 6.59. The topological polar surface area (TPSA) is 15.3 Å². The number of nitrogens with zero attached hydrogens (tertiary/aromatic N) is 1. The lowest BCUT2D eigenvalue weighted by Crippen LogP contribution is -2.42. The maximum Gasteiger partial charge on any atom is 0.0370 e. The van der Waals surface area contributed by atoms with Crippen LogP contribution in [0, 0.1) is 6.92 Å². The molecule has 2 rings (SSSR count). The Balaban J connectivity index is 2.17. The third kappa shape index (κ3) is 2.25. The van der Waals surface area contributed by atoms with Crippen molar-refractivity contribution in [3.8, 4) is 0 Å². The summed E-state index contributed by atoms with van der Waals surface area (Å²) in [7, 11) is 2.05. The smallest absolute Gasteiger partial charge is 0.0370 e. The molecule has 0 radical (unpaired) electrons. The molecule has 0 amide bonds. The van der Waals surface area contributed by atoms with Crippen LogP contribution < -0.4 is 10.2 Å². The second-order valence-electron chi connectivity index (χ2n) is 4.92. The van der Waals surface area contributed by atoms with Gasteiger partial charge in [-0.1, -0.05) is 15.9 Å². The summed E-state index contributed by atoms with van der Waals surface area (Å²) in [5, 5.41) is 3.42. The molecule has 1 heterocycles. The third-order valence-corrected chi connectivity index (χ3v) is 4.47. The Hall–Kier alpha value is -0.540. The average molecular weight is 283 g/mol. The molecule has 16 heavy (non-hydrogen) atoms. The van der Waals surface area contributed by atoms with E-state index in [9.17, 15) is 0 Å². The first kappa shape index (κ1) is 11.9. The molecule has 2 nitrogen and oxygen atoms in total. The molecule has 1 aromatic carbocycles. The van der Waals surface area contributed by atoms with Crippen molar-refractivity contribution in [1.82, 2.24) is 5.32 Å². The molecule has 1 saturated heterocycles. The molecule has 3 heteroatoms. The van der Waals surface area contributed by atoms with Gasteiger partial charge in [-0.2, -0.15) is 0 Å². The minimum absolute atomic E-state index is 0.265. The van der Waals surface area contributed by atoms with E-state index in [4.69, 9.17) is 0 Å². The van der Waals surface area contributed by atoms with E-state index in [0.717, 1.165) is 13.1 Å². The summed E-state index contributed by atoms with van der Waals surface area (Å²) in [5.74, 6) is 0. The molecule has 1 fully saturated rings. The summed E-state index contributed by atoms with van der Waals surface area (Å²) in [6.07, 6.45) is 1.21. The van der Waals surface area contributed by atoms with Gasteiger partial charge >= 0.3 is 0 Å². The molecular weight excluding hydrogens is 264 g/mol. The third-order valence-electron chi connectivity index (χ3n) is 3.58. The van der Waals surface area contributed by atoms with Gasteiger partial charge in [0.1, 0.15) is 0 Å². The lowest BCUT2D eigenvalue weighted by molar-refractivity contribution is 0.428. The van der Waals surface area contributed by atoms with Gasteiger partial charge in [0.15, 0.2) is 0 Å². The zero-order chi connectivity index (χ0) is 11.8. The normalized spacial score (nSPS) is 25.1. The van der Waals surface area contributed by atoms with Crippen LogP contribution in [0.15, 0.2) is 22.7 Å². The van der Waals surface area contributed by atoms with Gasteiger partial charge in [0, 0.05) is 28.8 Å². The standard InChI is InChI=1S/C13H19BrN2/c1-10-8-11(4-5-12(10)14)16-7-6-13(2,9-16)15-3/h4-5,8,15H,6-7,9H2,1-3H3. The Kier molecular flexibility index (Phi) is 3.27. The van der Waals surface area contributed by atoms with E-state index in [-0.39, 0.29) is 5.54 Å². The van der Waals surface area contributed by atoms with Crippen LogP contribution in [0.4, 0.5) is 5.69 Å². The number of halogens is 1. The van der Waals surface area contributed by atoms with Gasteiger partial charge < -0.3 is 10.2 Å². The van der Waals surface area contributed by atoms with Crippen molar-refractivity contribution in [2.24, 2.45) is 0 Å². The van der Waals surface area contributed by atoms with Crippen molar-refractivity contribution >= 4 is 21.6 Å². The second-order valence-corrected chi connectivity index (χ2v) is 5.77. The largest absolute Gasteiger partial charge is 0.370 e. The molecule has 1 N–H and O–H groups in total. The van der Waals surface area contributed by atoms with E-state index >= 15 is 0 Å². The summed E-state index contributed by atoms with van der Waals surface area (Å²) in [4.78, 5) is 2.45. The minimum Gasteiger partial charge on any atom is -0.370 e. The summed E-state index contributed by atoms with van der Waals surface area (Å²) in [6.45, 7) is 6.66. The predicted molar refractivity (Wildman–Crippen MR) is 73.2 cm³/mol. The van der Waals surface area contributed by atoms with Gasteiger partial charge in [0.05, 0.1) is 0 Å². The first-order chi connectivity index (χ1) is 7.54. The van der Waals surface area contributed by atoms with Crippen LogP contribution in [0.1, 0.15) is 18.9 Å². The van der Waals surface area contributed by atoms with Crippen LogP contribution in [0.25, 0.3) is 0 Å². The predicted octanol–water partition coefficient (Wildman–Crippen LogP) is 2.95. The number of hydrogen-bond acceptors (Lipinski definition) is 2. The van der Waals surface area contributed by atoms with Crippen LogP contribution in [0.5, 0.6) is 0 Å². The molecule has 0 bridgehead atoms. The van der Waals surface area contributed by atoms with Gasteiger partial charge in [-0.05, 0) is 51.1 Å². The number of benzene rings is 1. The Bertz CT molecular complexity index is 392. The molecule has 0 saturated carbocycles. The van der Waals surface area contributed by atoms with Crippen molar-refractivity contribution < 1.29 is 0 Å². The van der Waals surface area contributed by atoms with Gasteiger partial charge in [0.2, 0.25) is 0 Å². The van der Waals surface area contributed by atoms with Crippen LogP contribution in [-0.4, -0.2) is 25.7 Å². The average Bonchev–Trinajstić information content (AvgIpc) is 2.66. The maximum absolute atomic E-state index is 3.54. The van der Waals surface area contributed by atoms with Gasteiger partial charge in [-0.3, -0.25) is 0 Å². The summed E-state index contributed by atoms with van der Waals surface area (Å²) in [5.41, 5.74) is 2.90. The number of aryl methyl sites for hydroxylation is 1. The summed E-state index contributed by atoms with van der Waals surface area (Å²) < 4.78 is 1.19. The van der Waals surface area contributed by atoms with E-state index in [1.807, 2.05) is 0 Å².